The van der Waals surface area contributed by atoms with Crippen molar-refractivity contribution in [2.24, 2.45) is 0 Å². The van der Waals surface area contributed by atoms with Gasteiger partial charge in [0.15, 0.2) is 0 Å². The molecular formula is C21H27N3O4S. The zero-order chi connectivity index (χ0) is 20.9. The molecule has 1 aliphatic heterocycles. The zero-order valence-corrected chi connectivity index (χ0v) is 17.6. The molecule has 0 atom stereocenters. The minimum Gasteiger partial charge on any atom is -0.495 e. The molecule has 2 aromatic rings. The van der Waals surface area contributed by atoms with Crippen molar-refractivity contribution in [3.63, 3.8) is 0 Å². The summed E-state index contributed by atoms with van der Waals surface area (Å²) < 4.78 is 32.6. The number of anilines is 2. The Morgan fingerprint density at radius 1 is 1.07 bits per heavy atom. The molecular weight excluding hydrogens is 390 g/mol. The summed E-state index contributed by atoms with van der Waals surface area (Å²) >= 11 is 0. The minimum absolute atomic E-state index is 0.0307. The number of para-hydroxylation sites is 2. The van der Waals surface area contributed by atoms with Crippen LogP contribution in [0.5, 0.6) is 5.75 Å². The molecule has 3 rings (SSSR count). The number of carbonyl (C=O) groups is 1. The van der Waals surface area contributed by atoms with Gasteiger partial charge in [0, 0.05) is 18.8 Å². The van der Waals surface area contributed by atoms with Crippen molar-refractivity contribution in [1.29, 1.82) is 0 Å². The Kier molecular flexibility index (Phi) is 6.76. The monoisotopic (exact) mass is 417 g/mol. The average molecular weight is 418 g/mol. The summed E-state index contributed by atoms with van der Waals surface area (Å²) in [6, 6.07) is 12.2. The van der Waals surface area contributed by atoms with Crippen LogP contribution in [-0.2, 0) is 14.8 Å². The van der Waals surface area contributed by atoms with E-state index < -0.39 is 10.0 Å². The number of nitrogens with zero attached hydrogens (tertiary/aromatic N) is 1. The van der Waals surface area contributed by atoms with Gasteiger partial charge in [-0.3, -0.25) is 4.79 Å². The quantitative estimate of drug-likeness (QED) is 0.722. The van der Waals surface area contributed by atoms with Crippen molar-refractivity contribution >= 4 is 27.3 Å². The highest BCUT2D eigenvalue weighted by Gasteiger charge is 2.26. The zero-order valence-electron chi connectivity index (χ0n) is 16.8. The Bertz CT molecular complexity index is 970. The van der Waals surface area contributed by atoms with E-state index in [2.05, 4.69) is 10.6 Å². The Balaban J connectivity index is 1.70. The van der Waals surface area contributed by atoms with Crippen LogP contribution in [0.4, 0.5) is 11.4 Å². The molecule has 29 heavy (non-hydrogen) atoms. The lowest BCUT2D eigenvalue weighted by molar-refractivity contribution is -0.114. The van der Waals surface area contributed by atoms with E-state index in [-0.39, 0.29) is 17.3 Å². The second-order valence-electron chi connectivity index (χ2n) is 7.04. The lowest BCUT2D eigenvalue weighted by Crippen LogP contribution is -2.35. The number of amides is 1. The maximum Gasteiger partial charge on any atom is 0.243 e. The number of sulfonamides is 1. The van der Waals surface area contributed by atoms with Gasteiger partial charge in [-0.1, -0.05) is 24.6 Å². The molecule has 0 saturated carbocycles. The highest BCUT2D eigenvalue weighted by atomic mass is 32.2. The van der Waals surface area contributed by atoms with Crippen LogP contribution in [0.15, 0.2) is 47.4 Å². The molecule has 0 aliphatic carbocycles. The molecule has 1 fully saturated rings. The number of nitrogens with one attached hydrogen (secondary N) is 2. The Labute approximate surface area is 172 Å². The Hall–Kier alpha value is -2.58. The molecule has 1 saturated heterocycles. The minimum atomic E-state index is -3.55. The highest BCUT2D eigenvalue weighted by Crippen LogP contribution is 2.26. The van der Waals surface area contributed by atoms with E-state index >= 15 is 0 Å². The van der Waals surface area contributed by atoms with Crippen LogP contribution in [0.3, 0.4) is 0 Å². The third-order valence-corrected chi connectivity index (χ3v) is 6.88. The van der Waals surface area contributed by atoms with E-state index in [4.69, 9.17) is 4.74 Å². The molecule has 0 radical (unpaired) electrons. The fourth-order valence-electron chi connectivity index (χ4n) is 3.31. The molecule has 0 spiro atoms. The number of benzene rings is 2. The fourth-order valence-corrected chi connectivity index (χ4v) is 4.85. The normalized spacial score (nSPS) is 15.0. The first-order chi connectivity index (χ1) is 13.9. The molecule has 0 bridgehead atoms. The first-order valence-electron chi connectivity index (χ1n) is 9.69. The van der Waals surface area contributed by atoms with Crippen molar-refractivity contribution in [2.45, 2.75) is 31.1 Å². The topological polar surface area (TPSA) is 87.7 Å². The van der Waals surface area contributed by atoms with Gasteiger partial charge in [0.1, 0.15) is 5.75 Å². The second-order valence-corrected chi connectivity index (χ2v) is 8.98. The SMILES string of the molecule is COc1ccccc1NCC(=O)Nc1cc(S(=O)(=O)N2CCCCC2)ccc1C. The molecule has 2 aromatic carbocycles. The van der Waals surface area contributed by atoms with Gasteiger partial charge in [-0.25, -0.2) is 8.42 Å². The lowest BCUT2D eigenvalue weighted by atomic mass is 10.2. The van der Waals surface area contributed by atoms with E-state index in [9.17, 15) is 13.2 Å². The number of methoxy groups -OCH3 is 1. The summed E-state index contributed by atoms with van der Waals surface area (Å²) in [6.07, 6.45) is 2.81. The van der Waals surface area contributed by atoms with Crippen LogP contribution in [-0.4, -0.2) is 45.4 Å². The van der Waals surface area contributed by atoms with Gasteiger partial charge < -0.3 is 15.4 Å². The third-order valence-electron chi connectivity index (χ3n) is 4.98. The maximum absolute atomic E-state index is 12.9. The van der Waals surface area contributed by atoms with Crippen LogP contribution in [0.2, 0.25) is 0 Å². The summed E-state index contributed by atoms with van der Waals surface area (Å²) in [5, 5.41) is 5.84. The highest BCUT2D eigenvalue weighted by molar-refractivity contribution is 7.89. The van der Waals surface area contributed by atoms with Gasteiger partial charge >= 0.3 is 0 Å². The summed E-state index contributed by atoms with van der Waals surface area (Å²) in [5.74, 6) is 0.373. The third kappa shape index (κ3) is 5.07. The molecule has 1 amide bonds. The number of ether oxygens (including phenoxy) is 1. The number of carbonyl (C=O) groups excluding carboxylic acids is 1. The summed E-state index contributed by atoms with van der Waals surface area (Å²) in [4.78, 5) is 12.6. The van der Waals surface area contributed by atoms with E-state index in [0.717, 1.165) is 24.8 Å². The molecule has 0 aromatic heterocycles. The van der Waals surface area contributed by atoms with Gasteiger partial charge in [-0.2, -0.15) is 4.31 Å². The fraction of sp³-hybridized carbons (Fsp3) is 0.381. The van der Waals surface area contributed by atoms with Crippen LogP contribution in [0, 0.1) is 6.92 Å². The van der Waals surface area contributed by atoms with Gasteiger partial charge in [0.05, 0.1) is 24.2 Å². The number of hydrogen-bond acceptors (Lipinski definition) is 5. The summed E-state index contributed by atoms with van der Waals surface area (Å²) in [5.41, 5.74) is 2.01. The van der Waals surface area contributed by atoms with Crippen molar-refractivity contribution < 1.29 is 17.9 Å². The number of rotatable bonds is 7. The number of aryl methyl sites for hydroxylation is 1. The Morgan fingerprint density at radius 3 is 2.52 bits per heavy atom. The molecule has 0 unspecified atom stereocenters. The van der Waals surface area contributed by atoms with Crippen molar-refractivity contribution in [3.05, 3.63) is 48.0 Å². The number of piperidine rings is 1. The van der Waals surface area contributed by atoms with Crippen molar-refractivity contribution in [2.75, 3.05) is 37.4 Å². The largest absolute Gasteiger partial charge is 0.495 e. The summed E-state index contributed by atoms with van der Waals surface area (Å²) in [6.45, 7) is 2.95. The van der Waals surface area contributed by atoms with Crippen molar-refractivity contribution in [3.8, 4) is 5.75 Å². The van der Waals surface area contributed by atoms with E-state index in [1.165, 1.54) is 4.31 Å². The summed E-state index contributed by atoms with van der Waals surface area (Å²) in [7, 11) is -1.98. The first kappa shape index (κ1) is 21.1. The molecule has 1 aliphatic rings. The van der Waals surface area contributed by atoms with Crippen LogP contribution >= 0.6 is 0 Å². The maximum atomic E-state index is 12.9. The number of hydrogen-bond donors (Lipinski definition) is 2. The smallest absolute Gasteiger partial charge is 0.243 e. The van der Waals surface area contributed by atoms with Crippen LogP contribution < -0.4 is 15.4 Å². The molecule has 1 heterocycles. The second kappa shape index (κ2) is 9.28. The molecule has 8 heteroatoms. The van der Waals surface area contributed by atoms with Gasteiger partial charge in [0.25, 0.3) is 0 Å². The molecule has 7 nitrogen and oxygen atoms in total. The van der Waals surface area contributed by atoms with E-state index in [1.54, 1.807) is 31.4 Å². The average Bonchev–Trinajstić information content (AvgIpc) is 2.74. The van der Waals surface area contributed by atoms with Crippen molar-refractivity contribution in [1.82, 2.24) is 4.31 Å². The van der Waals surface area contributed by atoms with Gasteiger partial charge in [-0.15, -0.1) is 0 Å². The standard InChI is InChI=1S/C21H27N3O4S/c1-16-10-11-17(29(26,27)24-12-6-3-7-13-24)14-19(16)23-21(25)15-22-18-8-4-5-9-20(18)28-2/h4-5,8-11,14,22H,3,6-7,12-13,15H2,1-2H3,(H,23,25). The van der Waals surface area contributed by atoms with Gasteiger partial charge in [0.2, 0.25) is 15.9 Å². The molecule has 156 valence electrons. The van der Waals surface area contributed by atoms with Gasteiger partial charge in [-0.05, 0) is 49.6 Å². The lowest BCUT2D eigenvalue weighted by Gasteiger charge is -2.26. The Morgan fingerprint density at radius 2 is 1.79 bits per heavy atom. The predicted molar refractivity (Wildman–Crippen MR) is 114 cm³/mol. The molecule has 2 N–H and O–H groups in total. The first-order valence-corrected chi connectivity index (χ1v) is 11.1. The van der Waals surface area contributed by atoms with E-state index in [0.29, 0.717) is 30.2 Å². The van der Waals surface area contributed by atoms with Crippen LogP contribution in [0.25, 0.3) is 0 Å². The predicted octanol–water partition coefficient (Wildman–Crippen LogP) is 3.23. The van der Waals surface area contributed by atoms with E-state index in [1.807, 2.05) is 25.1 Å². The van der Waals surface area contributed by atoms with Crippen LogP contribution in [0.1, 0.15) is 24.8 Å².